The monoisotopic (exact) mass is 266 g/mol. The highest BCUT2D eigenvalue weighted by molar-refractivity contribution is 7.99. The fraction of sp³-hybridized carbons (Fsp3) is 0.500. The molecule has 0 aliphatic rings. The number of pyridine rings is 1. The van der Waals surface area contributed by atoms with Gasteiger partial charge in [0.2, 0.25) is 0 Å². The van der Waals surface area contributed by atoms with E-state index in [-0.39, 0.29) is 6.10 Å². The van der Waals surface area contributed by atoms with E-state index in [4.69, 9.17) is 10.5 Å². The Morgan fingerprint density at radius 3 is 3.11 bits per heavy atom. The zero-order chi connectivity index (χ0) is 12.8. The van der Waals surface area contributed by atoms with E-state index in [9.17, 15) is 0 Å². The van der Waals surface area contributed by atoms with Crippen molar-refractivity contribution in [2.24, 2.45) is 5.73 Å². The van der Waals surface area contributed by atoms with Crippen molar-refractivity contribution >= 4 is 17.4 Å². The van der Waals surface area contributed by atoms with Gasteiger partial charge in [0.1, 0.15) is 0 Å². The molecule has 0 aromatic carbocycles. The summed E-state index contributed by atoms with van der Waals surface area (Å²) in [4.78, 5) is 0. The molecule has 18 heavy (non-hydrogen) atoms. The number of hydrogen-bond acceptors (Lipinski definition) is 5. The summed E-state index contributed by atoms with van der Waals surface area (Å²) in [5.41, 5.74) is 6.52. The van der Waals surface area contributed by atoms with Crippen LogP contribution in [0.5, 0.6) is 0 Å². The minimum absolute atomic E-state index is 0.140. The molecule has 98 valence electrons. The summed E-state index contributed by atoms with van der Waals surface area (Å²) >= 11 is 1.68. The quantitative estimate of drug-likeness (QED) is 0.771. The second kappa shape index (κ2) is 6.72. The Bertz CT molecular complexity index is 488. The Balaban J connectivity index is 1.90. The molecule has 2 aromatic heterocycles. The highest BCUT2D eigenvalue weighted by Gasteiger charge is 2.09. The third-order valence-corrected chi connectivity index (χ3v) is 3.60. The van der Waals surface area contributed by atoms with Crippen LogP contribution in [0.3, 0.4) is 0 Å². The van der Waals surface area contributed by atoms with Crippen LogP contribution < -0.4 is 5.73 Å². The molecule has 0 radical (unpaired) electrons. The molecule has 2 N–H and O–H groups in total. The normalized spacial score (nSPS) is 13.0. The highest BCUT2D eigenvalue weighted by Crippen LogP contribution is 2.18. The van der Waals surface area contributed by atoms with Crippen molar-refractivity contribution in [1.29, 1.82) is 0 Å². The van der Waals surface area contributed by atoms with Crippen LogP contribution in [0.4, 0.5) is 0 Å². The highest BCUT2D eigenvalue weighted by atomic mass is 32.2. The summed E-state index contributed by atoms with van der Waals surface area (Å²) in [5.74, 6) is 0.928. The van der Waals surface area contributed by atoms with Gasteiger partial charge in [-0.2, -0.15) is 0 Å². The average Bonchev–Trinajstić information content (AvgIpc) is 2.81. The van der Waals surface area contributed by atoms with E-state index >= 15 is 0 Å². The topological polar surface area (TPSA) is 65.4 Å². The second-order valence-electron chi connectivity index (χ2n) is 3.86. The van der Waals surface area contributed by atoms with Gasteiger partial charge in [-0.15, -0.1) is 10.2 Å². The van der Waals surface area contributed by atoms with Crippen LogP contribution >= 0.6 is 11.8 Å². The maximum absolute atomic E-state index is 5.64. The Kier molecular flexibility index (Phi) is 4.98. The van der Waals surface area contributed by atoms with Gasteiger partial charge in [0, 0.05) is 25.1 Å². The lowest BCUT2D eigenvalue weighted by atomic mass is 10.3. The third-order valence-electron chi connectivity index (χ3n) is 2.62. The number of aromatic nitrogens is 3. The van der Waals surface area contributed by atoms with Gasteiger partial charge in [0.15, 0.2) is 10.8 Å². The van der Waals surface area contributed by atoms with Crippen LogP contribution in [-0.2, 0) is 4.74 Å². The number of thioether (sulfide) groups is 1. The van der Waals surface area contributed by atoms with Gasteiger partial charge in [-0.3, -0.25) is 4.40 Å². The predicted octanol–water partition coefficient (Wildman–Crippen LogP) is 1.58. The molecule has 0 spiro atoms. The molecular weight excluding hydrogens is 248 g/mol. The molecule has 0 bridgehead atoms. The minimum Gasteiger partial charge on any atom is -0.377 e. The fourth-order valence-electron chi connectivity index (χ4n) is 1.70. The molecule has 1 unspecified atom stereocenters. The number of fused-ring (bicyclic) bond motifs is 1. The average molecular weight is 266 g/mol. The van der Waals surface area contributed by atoms with Crippen LogP contribution in [0.25, 0.3) is 5.65 Å². The summed E-state index contributed by atoms with van der Waals surface area (Å²) in [6.45, 7) is 3.26. The zero-order valence-electron chi connectivity index (χ0n) is 10.5. The number of nitrogens with zero attached hydrogens (tertiary/aromatic N) is 3. The summed E-state index contributed by atoms with van der Waals surface area (Å²) in [5, 5.41) is 9.19. The van der Waals surface area contributed by atoms with E-state index in [1.54, 1.807) is 11.8 Å². The van der Waals surface area contributed by atoms with E-state index in [2.05, 4.69) is 10.2 Å². The number of nitrogens with two attached hydrogens (primary N) is 1. The molecule has 1 atom stereocenters. The lowest BCUT2D eigenvalue weighted by Crippen LogP contribution is -2.24. The number of rotatable bonds is 7. The van der Waals surface area contributed by atoms with Crippen LogP contribution in [0, 0.1) is 0 Å². The van der Waals surface area contributed by atoms with E-state index < -0.39 is 0 Å². The largest absolute Gasteiger partial charge is 0.377 e. The first-order valence-electron chi connectivity index (χ1n) is 6.09. The molecule has 0 saturated carbocycles. The summed E-state index contributed by atoms with van der Waals surface area (Å²) in [6, 6.07) is 5.88. The summed E-state index contributed by atoms with van der Waals surface area (Å²) in [7, 11) is 0. The van der Waals surface area contributed by atoms with Gasteiger partial charge in [-0.25, -0.2) is 0 Å². The predicted molar refractivity (Wildman–Crippen MR) is 72.8 cm³/mol. The molecular formula is C12H18N4OS. The molecule has 0 fully saturated rings. The molecule has 5 nitrogen and oxygen atoms in total. The number of hydrogen-bond donors (Lipinski definition) is 1. The Morgan fingerprint density at radius 2 is 2.33 bits per heavy atom. The van der Waals surface area contributed by atoms with Crippen molar-refractivity contribution in [1.82, 2.24) is 14.6 Å². The number of ether oxygens (including phenoxy) is 1. The van der Waals surface area contributed by atoms with Crippen LogP contribution in [0.2, 0.25) is 0 Å². The van der Waals surface area contributed by atoms with Gasteiger partial charge in [0.25, 0.3) is 0 Å². The van der Waals surface area contributed by atoms with Crippen LogP contribution in [0.1, 0.15) is 13.3 Å². The van der Waals surface area contributed by atoms with Crippen molar-refractivity contribution in [3.63, 3.8) is 0 Å². The van der Waals surface area contributed by atoms with Crippen molar-refractivity contribution in [2.75, 3.05) is 18.9 Å². The molecule has 0 aliphatic carbocycles. The third kappa shape index (κ3) is 3.22. The van der Waals surface area contributed by atoms with E-state index in [1.807, 2.05) is 35.7 Å². The first-order chi connectivity index (χ1) is 8.85. The molecule has 0 amide bonds. The molecule has 2 heterocycles. The molecule has 6 heteroatoms. The molecule has 0 aliphatic heterocycles. The zero-order valence-corrected chi connectivity index (χ0v) is 11.3. The first-order valence-corrected chi connectivity index (χ1v) is 7.08. The SMILES string of the molecule is CCOC(CN)CCSc1nnc2ccccn12. The van der Waals surface area contributed by atoms with Gasteiger partial charge in [0.05, 0.1) is 6.10 Å². The lowest BCUT2D eigenvalue weighted by Gasteiger charge is -2.13. The van der Waals surface area contributed by atoms with E-state index in [1.165, 1.54) is 0 Å². The Hall–Kier alpha value is -1.11. The van der Waals surface area contributed by atoms with Crippen molar-refractivity contribution in [3.05, 3.63) is 24.4 Å². The Morgan fingerprint density at radius 1 is 1.44 bits per heavy atom. The van der Waals surface area contributed by atoms with Crippen molar-refractivity contribution in [3.8, 4) is 0 Å². The summed E-state index contributed by atoms with van der Waals surface area (Å²) < 4.78 is 7.51. The Labute approximate surface area is 111 Å². The lowest BCUT2D eigenvalue weighted by molar-refractivity contribution is 0.0674. The summed E-state index contributed by atoms with van der Waals surface area (Å²) in [6.07, 6.45) is 3.04. The maximum Gasteiger partial charge on any atom is 0.195 e. The fourth-order valence-corrected chi connectivity index (χ4v) is 2.66. The minimum atomic E-state index is 0.140. The molecule has 2 rings (SSSR count). The maximum atomic E-state index is 5.64. The van der Waals surface area contributed by atoms with Crippen molar-refractivity contribution < 1.29 is 4.74 Å². The smallest absolute Gasteiger partial charge is 0.195 e. The standard InChI is InChI=1S/C12H18N4OS/c1-2-17-10(9-13)6-8-18-12-15-14-11-5-3-4-7-16(11)12/h3-5,7,10H,2,6,8-9,13H2,1H3. The van der Waals surface area contributed by atoms with Gasteiger partial charge in [-0.1, -0.05) is 17.8 Å². The molecule has 2 aromatic rings. The van der Waals surface area contributed by atoms with Gasteiger partial charge >= 0.3 is 0 Å². The van der Waals surface area contributed by atoms with E-state index in [0.717, 1.165) is 23.0 Å². The molecule has 0 saturated heterocycles. The van der Waals surface area contributed by atoms with Crippen LogP contribution in [-0.4, -0.2) is 39.6 Å². The second-order valence-corrected chi connectivity index (χ2v) is 4.92. The van der Waals surface area contributed by atoms with E-state index in [0.29, 0.717) is 13.2 Å². The van der Waals surface area contributed by atoms with Gasteiger partial charge in [-0.05, 0) is 25.5 Å². The van der Waals surface area contributed by atoms with Gasteiger partial charge < -0.3 is 10.5 Å². The van der Waals surface area contributed by atoms with Crippen LogP contribution in [0.15, 0.2) is 29.6 Å². The van der Waals surface area contributed by atoms with Crippen molar-refractivity contribution in [2.45, 2.75) is 24.6 Å². The first kappa shape index (κ1) is 13.3.